The number of aromatic amines is 1. The molecule has 1 N–H and O–H groups in total. The molecular weight excluding hydrogens is 414 g/mol. The third kappa shape index (κ3) is 3.75. The Bertz CT molecular complexity index is 1370. The topological polar surface area (TPSA) is 82.2 Å². The van der Waals surface area contributed by atoms with Gasteiger partial charge in [0.05, 0.1) is 5.56 Å². The Morgan fingerprint density at radius 1 is 1.03 bits per heavy atom. The van der Waals surface area contributed by atoms with Crippen molar-refractivity contribution in [2.45, 2.75) is 19.8 Å². The summed E-state index contributed by atoms with van der Waals surface area (Å²) in [5.74, 6) is 0.0969. The summed E-state index contributed by atoms with van der Waals surface area (Å²) < 4.78 is 0. The molecule has 4 heterocycles. The van der Waals surface area contributed by atoms with E-state index < -0.39 is 0 Å². The van der Waals surface area contributed by atoms with Gasteiger partial charge in [-0.05, 0) is 43.2 Å². The highest BCUT2D eigenvalue weighted by Gasteiger charge is 2.21. The predicted molar refractivity (Wildman–Crippen MR) is 129 cm³/mol. The van der Waals surface area contributed by atoms with Crippen LogP contribution in [0.3, 0.4) is 0 Å². The van der Waals surface area contributed by atoms with Crippen LogP contribution in [0.25, 0.3) is 33.3 Å². The van der Waals surface area contributed by atoms with Crippen LogP contribution in [0.2, 0.25) is 0 Å². The first-order valence-electron chi connectivity index (χ1n) is 11.0. The Kier molecular flexibility index (Phi) is 5.17. The first-order chi connectivity index (χ1) is 15.9. The average Bonchev–Trinajstić information content (AvgIpc) is 3.40. The summed E-state index contributed by atoms with van der Waals surface area (Å²) in [4.78, 5) is 40.2. The van der Waals surface area contributed by atoms with Crippen LogP contribution in [0.1, 0.15) is 28.9 Å². The van der Waals surface area contributed by atoms with Crippen LogP contribution in [0.4, 0.5) is 5.69 Å². The first-order valence-corrected chi connectivity index (χ1v) is 11.0. The summed E-state index contributed by atoms with van der Waals surface area (Å²) in [6, 6.07) is 12.0. The van der Waals surface area contributed by atoms with Gasteiger partial charge in [-0.2, -0.15) is 0 Å². The number of benzene rings is 1. The third-order valence-corrected chi connectivity index (χ3v) is 6.10. The number of carbonyl (C=O) groups excluding carboxylic acids is 2. The fourth-order valence-electron chi connectivity index (χ4n) is 4.43. The molecule has 0 unspecified atom stereocenters. The maximum absolute atomic E-state index is 12.5. The van der Waals surface area contributed by atoms with E-state index in [9.17, 15) is 9.59 Å². The predicted octanol–water partition coefficient (Wildman–Crippen LogP) is 4.43. The number of nitrogens with one attached hydrogen (secondary N) is 1. The van der Waals surface area contributed by atoms with E-state index in [1.165, 1.54) is 0 Å². The van der Waals surface area contributed by atoms with E-state index in [-0.39, 0.29) is 11.8 Å². The van der Waals surface area contributed by atoms with Crippen LogP contribution in [-0.2, 0) is 4.79 Å². The van der Waals surface area contributed by atoms with E-state index in [1.54, 1.807) is 25.2 Å². The lowest BCUT2D eigenvalue weighted by molar-refractivity contribution is -0.117. The van der Waals surface area contributed by atoms with Gasteiger partial charge in [0.25, 0.3) is 5.91 Å². The standard InChI is InChI=1S/C26H25N5O2/c1-16-24(22-12-20(26(33)30(2)3)15-28-25(22)29-16)19-11-18(13-27-14-19)17-6-8-21(9-7-17)31-10-4-5-23(31)32/h6-9,11-15H,4-5,10H2,1-3H3,(H,28,29). The van der Waals surface area contributed by atoms with Gasteiger partial charge < -0.3 is 14.8 Å². The van der Waals surface area contributed by atoms with Crippen LogP contribution in [0, 0.1) is 6.92 Å². The molecule has 33 heavy (non-hydrogen) atoms. The number of anilines is 1. The number of aromatic nitrogens is 3. The zero-order chi connectivity index (χ0) is 23.1. The molecule has 166 valence electrons. The Labute approximate surface area is 192 Å². The second kappa shape index (κ2) is 8.16. The van der Waals surface area contributed by atoms with Crippen LogP contribution in [0.15, 0.2) is 55.0 Å². The van der Waals surface area contributed by atoms with Crippen molar-refractivity contribution in [1.29, 1.82) is 0 Å². The lowest BCUT2D eigenvalue weighted by Gasteiger charge is -2.16. The quantitative estimate of drug-likeness (QED) is 0.510. The van der Waals surface area contributed by atoms with Gasteiger partial charge in [-0.1, -0.05) is 12.1 Å². The molecule has 0 spiro atoms. The van der Waals surface area contributed by atoms with Crippen molar-refractivity contribution in [2.24, 2.45) is 0 Å². The summed E-state index contributed by atoms with van der Waals surface area (Å²) in [6.07, 6.45) is 6.80. The first kappa shape index (κ1) is 20.9. The number of hydrogen-bond acceptors (Lipinski definition) is 4. The molecule has 0 radical (unpaired) electrons. The fourth-order valence-corrected chi connectivity index (χ4v) is 4.43. The van der Waals surface area contributed by atoms with Crippen molar-refractivity contribution < 1.29 is 9.59 Å². The molecule has 0 aliphatic carbocycles. The Morgan fingerprint density at radius 3 is 2.48 bits per heavy atom. The number of fused-ring (bicyclic) bond motifs is 1. The third-order valence-electron chi connectivity index (χ3n) is 6.10. The zero-order valence-electron chi connectivity index (χ0n) is 18.9. The molecule has 0 saturated carbocycles. The van der Waals surface area contributed by atoms with Crippen LogP contribution in [-0.4, -0.2) is 52.3 Å². The lowest BCUT2D eigenvalue weighted by atomic mass is 9.99. The van der Waals surface area contributed by atoms with Crippen molar-refractivity contribution >= 4 is 28.5 Å². The van der Waals surface area contributed by atoms with Gasteiger partial charge in [0.1, 0.15) is 5.65 Å². The average molecular weight is 440 g/mol. The molecular formula is C26H25N5O2. The number of aryl methyl sites for hydroxylation is 1. The zero-order valence-corrected chi connectivity index (χ0v) is 18.9. The van der Waals surface area contributed by atoms with Gasteiger partial charge in [-0.15, -0.1) is 0 Å². The summed E-state index contributed by atoms with van der Waals surface area (Å²) in [6.45, 7) is 2.78. The lowest BCUT2D eigenvalue weighted by Crippen LogP contribution is -2.23. The van der Waals surface area contributed by atoms with Crippen LogP contribution >= 0.6 is 0 Å². The molecule has 1 aliphatic rings. The van der Waals surface area contributed by atoms with Gasteiger partial charge in [0, 0.05) is 79.1 Å². The van der Waals surface area contributed by atoms with Gasteiger partial charge in [-0.25, -0.2) is 4.98 Å². The molecule has 7 nitrogen and oxygen atoms in total. The van der Waals surface area contributed by atoms with Crippen LogP contribution in [0.5, 0.6) is 0 Å². The molecule has 5 rings (SSSR count). The number of H-pyrrole nitrogens is 1. The van der Waals surface area contributed by atoms with Crippen molar-refractivity contribution in [3.05, 3.63) is 66.2 Å². The normalized spacial score (nSPS) is 13.7. The summed E-state index contributed by atoms with van der Waals surface area (Å²) in [5.41, 5.74) is 7.13. The minimum absolute atomic E-state index is 0.0855. The van der Waals surface area contributed by atoms with E-state index in [4.69, 9.17) is 0 Å². The summed E-state index contributed by atoms with van der Waals surface area (Å²) >= 11 is 0. The SMILES string of the molecule is Cc1[nH]c2ncc(C(=O)N(C)C)cc2c1-c1cncc(-c2ccc(N3CCCC3=O)cc2)c1. The maximum Gasteiger partial charge on any atom is 0.254 e. The van der Waals surface area contributed by atoms with Crippen molar-refractivity contribution in [3.63, 3.8) is 0 Å². The van der Waals surface area contributed by atoms with Gasteiger partial charge >= 0.3 is 0 Å². The largest absolute Gasteiger partial charge is 0.345 e. The van der Waals surface area contributed by atoms with E-state index >= 15 is 0 Å². The maximum atomic E-state index is 12.5. The van der Waals surface area contributed by atoms with Crippen molar-refractivity contribution in [3.8, 4) is 22.3 Å². The molecule has 3 aromatic heterocycles. The highest BCUT2D eigenvalue weighted by atomic mass is 16.2. The molecule has 0 atom stereocenters. The minimum Gasteiger partial charge on any atom is -0.345 e. The second-order valence-electron chi connectivity index (χ2n) is 8.60. The molecule has 1 aromatic carbocycles. The highest BCUT2D eigenvalue weighted by molar-refractivity contribution is 6.02. The van der Waals surface area contributed by atoms with Crippen molar-refractivity contribution in [1.82, 2.24) is 19.9 Å². The van der Waals surface area contributed by atoms with Gasteiger partial charge in [0.15, 0.2) is 0 Å². The fraction of sp³-hybridized carbons (Fsp3) is 0.231. The summed E-state index contributed by atoms with van der Waals surface area (Å²) in [5, 5.41) is 0.891. The van der Waals surface area contributed by atoms with Crippen molar-refractivity contribution in [2.75, 3.05) is 25.5 Å². The minimum atomic E-state index is -0.0855. The van der Waals surface area contributed by atoms with E-state index in [0.29, 0.717) is 12.0 Å². The van der Waals surface area contributed by atoms with E-state index in [1.807, 2.05) is 54.5 Å². The van der Waals surface area contributed by atoms with E-state index in [2.05, 4.69) is 21.0 Å². The molecule has 4 aromatic rings. The smallest absolute Gasteiger partial charge is 0.254 e. The highest BCUT2D eigenvalue weighted by Crippen LogP contribution is 2.34. The monoisotopic (exact) mass is 439 g/mol. The molecule has 1 fully saturated rings. The number of nitrogens with zero attached hydrogens (tertiary/aromatic N) is 4. The number of pyridine rings is 2. The number of hydrogen-bond donors (Lipinski definition) is 1. The Balaban J connectivity index is 1.53. The second-order valence-corrected chi connectivity index (χ2v) is 8.60. The Hall–Kier alpha value is -4.00. The van der Waals surface area contributed by atoms with Gasteiger partial charge in [0.2, 0.25) is 5.91 Å². The van der Waals surface area contributed by atoms with Crippen LogP contribution < -0.4 is 4.90 Å². The van der Waals surface area contributed by atoms with Gasteiger partial charge in [-0.3, -0.25) is 14.6 Å². The number of amides is 2. The molecule has 7 heteroatoms. The van der Waals surface area contributed by atoms with E-state index in [0.717, 1.165) is 57.6 Å². The summed E-state index contributed by atoms with van der Waals surface area (Å²) in [7, 11) is 3.46. The molecule has 1 saturated heterocycles. The molecule has 0 bridgehead atoms. The number of rotatable bonds is 4. The number of carbonyl (C=O) groups is 2. The Morgan fingerprint density at radius 2 is 1.79 bits per heavy atom. The molecule has 2 amide bonds. The molecule has 1 aliphatic heterocycles.